The largest absolute Gasteiger partial charge is 0.326 e. The molecule has 0 aliphatic heterocycles. The second-order valence-electron chi connectivity index (χ2n) is 7.13. The quantitative estimate of drug-likeness (QED) is 0.447. The van der Waals surface area contributed by atoms with Crippen LogP contribution in [0.15, 0.2) is 77.8 Å². The van der Waals surface area contributed by atoms with E-state index in [-0.39, 0.29) is 0 Å². The fourth-order valence-electron chi connectivity index (χ4n) is 3.55. The van der Waals surface area contributed by atoms with Crippen LogP contribution in [-0.2, 0) is 7.05 Å². The molecular weight excluding hydrogens is 330 g/mol. The molecule has 3 heteroatoms. The summed E-state index contributed by atoms with van der Waals surface area (Å²) in [6.45, 7) is 0. The Hall–Kier alpha value is -3.20. The summed E-state index contributed by atoms with van der Waals surface area (Å²) in [5.74, 6) is 0.914. The maximum atomic E-state index is 4.99. The van der Waals surface area contributed by atoms with Crippen molar-refractivity contribution in [3.8, 4) is 22.3 Å². The first-order valence-corrected chi connectivity index (χ1v) is 9.45. The Balaban J connectivity index is 1.77. The summed E-state index contributed by atoms with van der Waals surface area (Å²) >= 11 is 0. The molecular formula is C24H21N3. The van der Waals surface area contributed by atoms with Gasteiger partial charge in [-0.3, -0.25) is 4.99 Å². The molecule has 0 bridgehead atoms. The lowest BCUT2D eigenvalue weighted by atomic mass is 9.98. The molecule has 0 radical (unpaired) electrons. The van der Waals surface area contributed by atoms with Crippen LogP contribution in [0.5, 0.6) is 0 Å². The molecule has 0 amide bonds. The number of hydrogen-bond donors (Lipinski definition) is 0. The van der Waals surface area contributed by atoms with Crippen LogP contribution in [0.25, 0.3) is 33.3 Å². The number of aromatic nitrogens is 2. The van der Waals surface area contributed by atoms with Gasteiger partial charge in [0.1, 0.15) is 0 Å². The Morgan fingerprint density at radius 1 is 0.852 bits per heavy atom. The van der Waals surface area contributed by atoms with Crippen LogP contribution in [0.4, 0.5) is 0 Å². The normalized spacial score (nSPS) is 14.3. The standard InChI is InChI=1S/C24H21N3/c1-27-22(16-25-19-12-13-19)26-23-20(17-8-4-2-5-9-17)14-15-21(24(23)27)18-10-6-3-7-11-18/h2-11,14-16,19H,12-13H2,1H3/b25-16+. The van der Waals surface area contributed by atoms with Crippen molar-refractivity contribution in [2.45, 2.75) is 18.9 Å². The summed E-state index contributed by atoms with van der Waals surface area (Å²) in [6, 6.07) is 25.9. The van der Waals surface area contributed by atoms with E-state index in [0.717, 1.165) is 22.4 Å². The third-order valence-corrected chi connectivity index (χ3v) is 5.17. The van der Waals surface area contributed by atoms with E-state index < -0.39 is 0 Å². The molecule has 0 saturated heterocycles. The van der Waals surface area contributed by atoms with E-state index in [1.807, 2.05) is 12.3 Å². The van der Waals surface area contributed by atoms with E-state index in [0.29, 0.717) is 6.04 Å². The number of hydrogen-bond acceptors (Lipinski definition) is 2. The molecule has 132 valence electrons. The van der Waals surface area contributed by atoms with Crippen LogP contribution in [0.3, 0.4) is 0 Å². The molecule has 27 heavy (non-hydrogen) atoms. The smallest absolute Gasteiger partial charge is 0.151 e. The van der Waals surface area contributed by atoms with Gasteiger partial charge in [-0.25, -0.2) is 4.98 Å². The number of imidazole rings is 1. The minimum atomic E-state index is 0.493. The number of aliphatic imine (C=N–C) groups is 1. The minimum Gasteiger partial charge on any atom is -0.326 e. The van der Waals surface area contributed by atoms with Crippen molar-refractivity contribution in [1.82, 2.24) is 9.55 Å². The first-order valence-electron chi connectivity index (χ1n) is 9.45. The van der Waals surface area contributed by atoms with Gasteiger partial charge in [0, 0.05) is 18.2 Å². The van der Waals surface area contributed by atoms with E-state index in [1.165, 1.54) is 29.5 Å². The molecule has 3 nitrogen and oxygen atoms in total. The molecule has 5 rings (SSSR count). The highest BCUT2D eigenvalue weighted by Crippen LogP contribution is 2.35. The third kappa shape index (κ3) is 2.95. The van der Waals surface area contributed by atoms with Crippen molar-refractivity contribution < 1.29 is 0 Å². The van der Waals surface area contributed by atoms with E-state index in [4.69, 9.17) is 4.98 Å². The Morgan fingerprint density at radius 3 is 2.07 bits per heavy atom. The second kappa shape index (κ2) is 6.51. The van der Waals surface area contributed by atoms with E-state index in [9.17, 15) is 0 Å². The van der Waals surface area contributed by atoms with Crippen LogP contribution >= 0.6 is 0 Å². The van der Waals surface area contributed by atoms with Gasteiger partial charge in [0.05, 0.1) is 23.3 Å². The lowest BCUT2D eigenvalue weighted by molar-refractivity contribution is 0.930. The highest BCUT2D eigenvalue weighted by molar-refractivity contribution is 6.03. The van der Waals surface area contributed by atoms with Gasteiger partial charge >= 0.3 is 0 Å². The molecule has 1 aliphatic rings. The zero-order chi connectivity index (χ0) is 18.2. The van der Waals surface area contributed by atoms with Crippen LogP contribution in [0, 0.1) is 0 Å². The summed E-state index contributed by atoms with van der Waals surface area (Å²) in [5, 5.41) is 0. The predicted molar refractivity (Wildman–Crippen MR) is 112 cm³/mol. The Kier molecular flexibility index (Phi) is 3.86. The lowest BCUT2D eigenvalue weighted by Crippen LogP contribution is -1.97. The topological polar surface area (TPSA) is 30.2 Å². The van der Waals surface area contributed by atoms with Gasteiger partial charge in [-0.1, -0.05) is 72.8 Å². The van der Waals surface area contributed by atoms with Gasteiger partial charge in [0.25, 0.3) is 0 Å². The van der Waals surface area contributed by atoms with E-state index in [2.05, 4.69) is 83.3 Å². The molecule has 1 fully saturated rings. The summed E-state index contributed by atoms with van der Waals surface area (Å²) in [4.78, 5) is 9.65. The summed E-state index contributed by atoms with van der Waals surface area (Å²) < 4.78 is 2.18. The van der Waals surface area contributed by atoms with Crippen LogP contribution in [0.2, 0.25) is 0 Å². The van der Waals surface area contributed by atoms with Crippen molar-refractivity contribution >= 4 is 17.2 Å². The molecule has 0 unspecified atom stereocenters. The van der Waals surface area contributed by atoms with Crippen molar-refractivity contribution in [2.75, 3.05) is 0 Å². The third-order valence-electron chi connectivity index (χ3n) is 5.17. The molecule has 0 N–H and O–H groups in total. The predicted octanol–water partition coefficient (Wildman–Crippen LogP) is 5.49. The highest BCUT2D eigenvalue weighted by Gasteiger charge is 2.20. The van der Waals surface area contributed by atoms with E-state index >= 15 is 0 Å². The average molecular weight is 351 g/mol. The van der Waals surface area contributed by atoms with Crippen molar-refractivity contribution in [1.29, 1.82) is 0 Å². The molecule has 1 heterocycles. The Bertz CT molecular complexity index is 1120. The first kappa shape index (κ1) is 16.0. The molecule has 3 aromatic carbocycles. The van der Waals surface area contributed by atoms with Gasteiger partial charge in [0.15, 0.2) is 5.82 Å². The number of aryl methyl sites for hydroxylation is 1. The van der Waals surface area contributed by atoms with Crippen molar-refractivity contribution in [3.05, 3.63) is 78.6 Å². The Morgan fingerprint density at radius 2 is 1.44 bits per heavy atom. The number of rotatable bonds is 4. The summed E-state index contributed by atoms with van der Waals surface area (Å²) in [5.41, 5.74) is 6.93. The van der Waals surface area contributed by atoms with Gasteiger partial charge in [-0.05, 0) is 24.0 Å². The average Bonchev–Trinajstić information content (AvgIpc) is 3.50. The molecule has 0 atom stereocenters. The molecule has 0 spiro atoms. The monoisotopic (exact) mass is 351 g/mol. The summed E-state index contributed by atoms with van der Waals surface area (Å²) in [6.07, 6.45) is 4.34. The van der Waals surface area contributed by atoms with E-state index in [1.54, 1.807) is 0 Å². The lowest BCUT2D eigenvalue weighted by Gasteiger charge is -2.09. The summed E-state index contributed by atoms with van der Waals surface area (Å²) in [7, 11) is 2.09. The Labute approximate surface area is 159 Å². The van der Waals surface area contributed by atoms with Crippen LogP contribution in [0.1, 0.15) is 18.7 Å². The van der Waals surface area contributed by atoms with Gasteiger partial charge in [-0.15, -0.1) is 0 Å². The fraction of sp³-hybridized carbons (Fsp3) is 0.167. The van der Waals surface area contributed by atoms with Crippen molar-refractivity contribution in [3.63, 3.8) is 0 Å². The van der Waals surface area contributed by atoms with Crippen LogP contribution in [-0.4, -0.2) is 21.8 Å². The van der Waals surface area contributed by atoms with Crippen LogP contribution < -0.4 is 0 Å². The number of benzene rings is 3. The zero-order valence-corrected chi connectivity index (χ0v) is 15.3. The SMILES string of the molecule is Cn1c(/C=N/C2CC2)nc2c(-c3ccccc3)ccc(-c3ccccc3)c21. The van der Waals surface area contributed by atoms with Gasteiger partial charge in [0.2, 0.25) is 0 Å². The maximum Gasteiger partial charge on any atom is 0.151 e. The highest BCUT2D eigenvalue weighted by atomic mass is 15.1. The van der Waals surface area contributed by atoms with Crippen molar-refractivity contribution in [2.24, 2.45) is 12.0 Å². The second-order valence-corrected chi connectivity index (χ2v) is 7.13. The first-order chi connectivity index (χ1) is 13.3. The fourth-order valence-corrected chi connectivity index (χ4v) is 3.55. The number of nitrogens with zero attached hydrogens (tertiary/aromatic N) is 3. The molecule has 4 aromatic rings. The number of fused-ring (bicyclic) bond motifs is 1. The zero-order valence-electron chi connectivity index (χ0n) is 15.3. The molecule has 1 aliphatic carbocycles. The van der Waals surface area contributed by atoms with Gasteiger partial charge in [-0.2, -0.15) is 0 Å². The maximum absolute atomic E-state index is 4.99. The minimum absolute atomic E-state index is 0.493. The molecule has 1 aromatic heterocycles. The van der Waals surface area contributed by atoms with Gasteiger partial charge < -0.3 is 4.57 Å². The molecule has 1 saturated carbocycles.